The lowest BCUT2D eigenvalue weighted by Crippen LogP contribution is -2.53. The van der Waals surface area contributed by atoms with Gasteiger partial charge in [0.2, 0.25) is 11.8 Å². The van der Waals surface area contributed by atoms with E-state index in [9.17, 15) is 23.2 Å². The summed E-state index contributed by atoms with van der Waals surface area (Å²) >= 11 is 0. The Labute approximate surface area is 181 Å². The van der Waals surface area contributed by atoms with Gasteiger partial charge in [-0.25, -0.2) is 8.78 Å². The molecule has 0 spiro atoms. The van der Waals surface area contributed by atoms with Crippen LogP contribution in [0.1, 0.15) is 36.5 Å². The lowest BCUT2D eigenvalue weighted by molar-refractivity contribution is -0.138. The molecule has 0 unspecified atom stereocenters. The van der Waals surface area contributed by atoms with Crippen molar-refractivity contribution >= 4 is 17.7 Å². The summed E-state index contributed by atoms with van der Waals surface area (Å²) in [6.07, 6.45) is 1.94. The van der Waals surface area contributed by atoms with Gasteiger partial charge in [-0.15, -0.1) is 0 Å². The molecule has 7 nitrogen and oxygen atoms in total. The average Bonchev–Trinajstić information content (AvgIpc) is 2.77. The van der Waals surface area contributed by atoms with Gasteiger partial charge in [-0.1, -0.05) is 6.92 Å². The van der Waals surface area contributed by atoms with E-state index in [1.807, 2.05) is 16.7 Å². The fourth-order valence-electron chi connectivity index (χ4n) is 4.07. The quantitative estimate of drug-likeness (QED) is 0.734. The number of hydrogen-bond donors (Lipinski definition) is 1. The summed E-state index contributed by atoms with van der Waals surface area (Å²) in [5, 5.41) is 2.86. The predicted octanol–water partition coefficient (Wildman–Crippen LogP) is 1.49. The number of hydrogen-bond acceptors (Lipinski definition) is 4. The number of nitrogens with zero attached hydrogens (tertiary/aromatic N) is 3. The number of carbonyl (C=O) groups excluding carboxylic acids is 3. The minimum Gasteiger partial charge on any atom is -0.355 e. The molecule has 0 radical (unpaired) electrons. The van der Waals surface area contributed by atoms with Crippen LogP contribution in [0.2, 0.25) is 0 Å². The second-order valence-electron chi connectivity index (χ2n) is 8.14. The summed E-state index contributed by atoms with van der Waals surface area (Å²) in [5.74, 6) is -2.14. The van der Waals surface area contributed by atoms with Crippen LogP contribution in [-0.2, 0) is 9.59 Å². The van der Waals surface area contributed by atoms with Gasteiger partial charge in [-0.05, 0) is 31.4 Å². The number of likely N-dealkylation sites (tertiary alicyclic amines) is 1. The standard InChI is InChI=1S/C22H30F2N4O3/c1-2-7-25-20(29)15-26-10-12-28(13-11-26)21(30)16-5-8-27(9-6-16)22(31)18-4-3-17(23)14-19(18)24/h3-4,14,16H,2,5-13,15H2,1H3,(H,25,29). The minimum absolute atomic E-state index is 0.0104. The fourth-order valence-corrected chi connectivity index (χ4v) is 4.07. The van der Waals surface area contributed by atoms with Gasteiger partial charge in [-0.2, -0.15) is 0 Å². The summed E-state index contributed by atoms with van der Waals surface area (Å²) in [6.45, 7) is 6.24. The van der Waals surface area contributed by atoms with Crippen LogP contribution in [0.15, 0.2) is 18.2 Å². The van der Waals surface area contributed by atoms with Crippen molar-refractivity contribution in [1.82, 2.24) is 20.0 Å². The van der Waals surface area contributed by atoms with E-state index in [1.54, 1.807) is 0 Å². The average molecular weight is 437 g/mol. The van der Waals surface area contributed by atoms with Crippen molar-refractivity contribution in [2.24, 2.45) is 5.92 Å². The first-order chi connectivity index (χ1) is 14.9. The summed E-state index contributed by atoms with van der Waals surface area (Å²) in [7, 11) is 0. The molecule has 9 heteroatoms. The molecule has 2 fully saturated rings. The van der Waals surface area contributed by atoms with Crippen molar-refractivity contribution in [3.05, 3.63) is 35.4 Å². The van der Waals surface area contributed by atoms with E-state index in [0.29, 0.717) is 71.3 Å². The molecule has 170 valence electrons. The normalized spacial score (nSPS) is 18.2. The molecule has 2 aliphatic rings. The maximum absolute atomic E-state index is 13.9. The fraction of sp³-hybridized carbons (Fsp3) is 0.591. The number of piperazine rings is 1. The largest absolute Gasteiger partial charge is 0.355 e. The Morgan fingerprint density at radius 2 is 1.68 bits per heavy atom. The molecule has 3 rings (SSSR count). The monoisotopic (exact) mass is 436 g/mol. The molecular formula is C22H30F2N4O3. The van der Waals surface area contributed by atoms with Crippen molar-refractivity contribution in [2.75, 3.05) is 52.4 Å². The molecule has 0 saturated carbocycles. The Bertz CT molecular complexity index is 804. The van der Waals surface area contributed by atoms with Crippen LogP contribution < -0.4 is 5.32 Å². The molecule has 0 bridgehead atoms. The van der Waals surface area contributed by atoms with Crippen molar-refractivity contribution in [2.45, 2.75) is 26.2 Å². The Morgan fingerprint density at radius 3 is 2.29 bits per heavy atom. The van der Waals surface area contributed by atoms with Crippen molar-refractivity contribution < 1.29 is 23.2 Å². The third-order valence-corrected chi connectivity index (χ3v) is 5.92. The number of benzene rings is 1. The van der Waals surface area contributed by atoms with Crippen molar-refractivity contribution in [3.63, 3.8) is 0 Å². The molecule has 3 amide bonds. The molecule has 2 saturated heterocycles. The maximum Gasteiger partial charge on any atom is 0.256 e. The van der Waals surface area contributed by atoms with E-state index in [1.165, 1.54) is 4.90 Å². The molecule has 0 aliphatic carbocycles. The van der Waals surface area contributed by atoms with E-state index in [2.05, 4.69) is 5.32 Å². The molecule has 1 aromatic carbocycles. The molecule has 1 aromatic rings. The highest BCUT2D eigenvalue weighted by Gasteiger charge is 2.32. The summed E-state index contributed by atoms with van der Waals surface area (Å²) in [4.78, 5) is 42.7. The first kappa shape index (κ1) is 23.1. The SMILES string of the molecule is CCCNC(=O)CN1CCN(C(=O)C2CCN(C(=O)c3ccc(F)cc3F)CC2)CC1. The van der Waals surface area contributed by atoms with E-state index >= 15 is 0 Å². The predicted molar refractivity (Wildman–Crippen MR) is 111 cm³/mol. The summed E-state index contributed by atoms with van der Waals surface area (Å²) in [5.41, 5.74) is -0.148. The number of piperidine rings is 1. The van der Waals surface area contributed by atoms with Gasteiger partial charge in [0.05, 0.1) is 12.1 Å². The van der Waals surface area contributed by atoms with Crippen LogP contribution in [0, 0.1) is 17.6 Å². The second kappa shape index (κ2) is 10.7. The molecule has 0 atom stereocenters. The van der Waals surface area contributed by atoms with Crippen LogP contribution >= 0.6 is 0 Å². The third kappa shape index (κ3) is 6.00. The van der Waals surface area contributed by atoms with Crippen LogP contribution in [0.3, 0.4) is 0 Å². The highest BCUT2D eigenvalue weighted by Crippen LogP contribution is 2.23. The molecule has 1 N–H and O–H groups in total. The lowest BCUT2D eigenvalue weighted by Gasteiger charge is -2.38. The van der Waals surface area contributed by atoms with Crippen LogP contribution in [-0.4, -0.2) is 84.8 Å². The first-order valence-corrected chi connectivity index (χ1v) is 10.9. The van der Waals surface area contributed by atoms with Crippen LogP contribution in [0.5, 0.6) is 0 Å². The topological polar surface area (TPSA) is 73.0 Å². The number of rotatable bonds is 6. The van der Waals surface area contributed by atoms with Gasteiger partial charge in [-0.3, -0.25) is 19.3 Å². The molecular weight excluding hydrogens is 406 g/mol. The van der Waals surface area contributed by atoms with E-state index in [-0.39, 0.29) is 23.3 Å². The minimum atomic E-state index is -0.871. The number of halogens is 2. The second-order valence-corrected chi connectivity index (χ2v) is 8.14. The summed E-state index contributed by atoms with van der Waals surface area (Å²) < 4.78 is 27.0. The molecule has 0 aromatic heterocycles. The van der Waals surface area contributed by atoms with E-state index in [0.717, 1.165) is 18.6 Å². The van der Waals surface area contributed by atoms with Crippen LogP contribution in [0.25, 0.3) is 0 Å². The van der Waals surface area contributed by atoms with Gasteiger partial charge >= 0.3 is 0 Å². The zero-order valence-electron chi connectivity index (χ0n) is 17.9. The highest BCUT2D eigenvalue weighted by atomic mass is 19.1. The number of amides is 3. The van der Waals surface area contributed by atoms with Gasteiger partial charge < -0.3 is 15.1 Å². The molecule has 31 heavy (non-hydrogen) atoms. The van der Waals surface area contributed by atoms with Crippen LogP contribution in [0.4, 0.5) is 8.78 Å². The smallest absolute Gasteiger partial charge is 0.256 e. The van der Waals surface area contributed by atoms with Gasteiger partial charge in [0, 0.05) is 57.8 Å². The third-order valence-electron chi connectivity index (χ3n) is 5.92. The van der Waals surface area contributed by atoms with E-state index < -0.39 is 17.5 Å². The Kier molecular flexibility index (Phi) is 7.95. The Morgan fingerprint density at radius 1 is 1.00 bits per heavy atom. The number of carbonyl (C=O) groups is 3. The zero-order valence-corrected chi connectivity index (χ0v) is 17.9. The lowest BCUT2D eigenvalue weighted by atomic mass is 9.94. The zero-order chi connectivity index (χ0) is 22.4. The molecule has 2 heterocycles. The van der Waals surface area contributed by atoms with Crippen molar-refractivity contribution in [3.8, 4) is 0 Å². The first-order valence-electron chi connectivity index (χ1n) is 10.9. The maximum atomic E-state index is 13.9. The molecule has 2 aliphatic heterocycles. The van der Waals surface area contributed by atoms with Crippen molar-refractivity contribution in [1.29, 1.82) is 0 Å². The summed E-state index contributed by atoms with van der Waals surface area (Å²) in [6, 6.07) is 2.93. The number of nitrogens with one attached hydrogen (secondary N) is 1. The van der Waals surface area contributed by atoms with Gasteiger partial charge in [0.25, 0.3) is 5.91 Å². The van der Waals surface area contributed by atoms with Gasteiger partial charge in [0.1, 0.15) is 11.6 Å². The Balaban J connectivity index is 1.44. The Hall–Kier alpha value is -2.55. The van der Waals surface area contributed by atoms with E-state index in [4.69, 9.17) is 0 Å². The van der Waals surface area contributed by atoms with Gasteiger partial charge in [0.15, 0.2) is 0 Å². The highest BCUT2D eigenvalue weighted by molar-refractivity contribution is 5.94.